The highest BCUT2D eigenvalue weighted by molar-refractivity contribution is 9.10. The molecule has 1 aromatic rings. The highest BCUT2D eigenvalue weighted by atomic mass is 79.9. The van der Waals surface area contributed by atoms with Crippen LogP contribution in [0.1, 0.15) is 17.2 Å². The van der Waals surface area contributed by atoms with Crippen LogP contribution in [-0.2, 0) is 0 Å². The molecular weight excluding hydrogens is 264 g/mol. The first-order valence-electron chi connectivity index (χ1n) is 4.29. The van der Waals surface area contributed by atoms with Gasteiger partial charge in [-0.2, -0.15) is 12.6 Å². The van der Waals surface area contributed by atoms with Crippen LogP contribution in [0.2, 0.25) is 0 Å². The molecule has 78 valence electrons. The van der Waals surface area contributed by atoms with Gasteiger partial charge >= 0.3 is 0 Å². The minimum absolute atomic E-state index is 0.246. The molecule has 0 bridgehead atoms. The van der Waals surface area contributed by atoms with Crippen LogP contribution in [0.3, 0.4) is 0 Å². The van der Waals surface area contributed by atoms with E-state index in [0.29, 0.717) is 5.56 Å². The Morgan fingerprint density at radius 2 is 2.07 bits per heavy atom. The van der Waals surface area contributed by atoms with Crippen LogP contribution in [0.4, 0.5) is 0 Å². The molecule has 2 nitrogen and oxygen atoms in total. The van der Waals surface area contributed by atoms with Crippen molar-refractivity contribution in [3.63, 3.8) is 0 Å². The molecule has 14 heavy (non-hydrogen) atoms. The second kappa shape index (κ2) is 5.16. The van der Waals surface area contributed by atoms with Gasteiger partial charge in [0.1, 0.15) is 6.10 Å². The number of aliphatic hydroxyl groups excluding tert-OH is 2. The highest BCUT2D eigenvalue weighted by Gasteiger charge is 2.16. The lowest BCUT2D eigenvalue weighted by atomic mass is 10.0. The minimum atomic E-state index is -0.862. The molecule has 0 fully saturated rings. The molecule has 4 heteroatoms. The van der Waals surface area contributed by atoms with E-state index in [2.05, 4.69) is 28.6 Å². The van der Waals surface area contributed by atoms with Gasteiger partial charge in [-0.1, -0.05) is 28.1 Å². The van der Waals surface area contributed by atoms with Gasteiger partial charge in [0.25, 0.3) is 0 Å². The van der Waals surface area contributed by atoms with Crippen LogP contribution in [0.5, 0.6) is 0 Å². The number of rotatable bonds is 3. The summed E-state index contributed by atoms with van der Waals surface area (Å²) in [6.07, 6.45) is -1.68. The zero-order valence-electron chi connectivity index (χ0n) is 7.81. The van der Waals surface area contributed by atoms with E-state index in [1.54, 1.807) is 6.07 Å². The Morgan fingerprint density at radius 3 is 2.57 bits per heavy atom. The second-order valence-electron chi connectivity index (χ2n) is 3.20. The number of aliphatic hydroxyl groups is 2. The van der Waals surface area contributed by atoms with Crippen LogP contribution in [0.15, 0.2) is 22.7 Å². The molecule has 0 aliphatic rings. The molecule has 1 rings (SSSR count). The van der Waals surface area contributed by atoms with E-state index in [4.69, 9.17) is 0 Å². The van der Waals surface area contributed by atoms with Gasteiger partial charge in [-0.3, -0.25) is 0 Å². The van der Waals surface area contributed by atoms with Crippen molar-refractivity contribution in [1.29, 1.82) is 0 Å². The topological polar surface area (TPSA) is 40.5 Å². The Morgan fingerprint density at radius 1 is 1.43 bits per heavy atom. The van der Waals surface area contributed by atoms with Crippen LogP contribution < -0.4 is 0 Å². The fourth-order valence-electron chi connectivity index (χ4n) is 1.17. The molecule has 0 aliphatic heterocycles. The molecule has 0 spiro atoms. The number of hydrogen-bond acceptors (Lipinski definition) is 3. The summed E-state index contributed by atoms with van der Waals surface area (Å²) >= 11 is 7.31. The maximum absolute atomic E-state index is 9.69. The number of benzene rings is 1. The molecular formula is C10H13BrO2S. The fourth-order valence-corrected chi connectivity index (χ4v) is 1.62. The number of aryl methyl sites for hydroxylation is 1. The van der Waals surface area contributed by atoms with Gasteiger partial charge in [0.2, 0.25) is 0 Å². The van der Waals surface area contributed by atoms with Crippen molar-refractivity contribution < 1.29 is 10.2 Å². The third-order valence-electron chi connectivity index (χ3n) is 2.08. The predicted molar refractivity (Wildman–Crippen MR) is 63.7 cm³/mol. The summed E-state index contributed by atoms with van der Waals surface area (Å²) in [5.41, 5.74) is 1.75. The Labute approximate surface area is 97.5 Å². The van der Waals surface area contributed by atoms with Crippen molar-refractivity contribution in [2.75, 3.05) is 5.75 Å². The molecule has 0 saturated carbocycles. The smallest absolute Gasteiger partial charge is 0.106 e. The zero-order valence-corrected chi connectivity index (χ0v) is 10.3. The zero-order chi connectivity index (χ0) is 10.7. The minimum Gasteiger partial charge on any atom is -0.389 e. The van der Waals surface area contributed by atoms with Crippen molar-refractivity contribution in [2.45, 2.75) is 19.1 Å². The van der Waals surface area contributed by atoms with Crippen molar-refractivity contribution in [2.24, 2.45) is 0 Å². The molecule has 0 saturated heterocycles. The van der Waals surface area contributed by atoms with Crippen molar-refractivity contribution >= 4 is 28.6 Å². The summed E-state index contributed by atoms with van der Waals surface area (Å²) in [6.45, 7) is 1.94. The molecule has 0 radical (unpaired) electrons. The lowest BCUT2D eigenvalue weighted by Gasteiger charge is -2.16. The van der Waals surface area contributed by atoms with Gasteiger partial charge < -0.3 is 10.2 Å². The molecule has 2 N–H and O–H groups in total. The summed E-state index contributed by atoms with van der Waals surface area (Å²) in [5.74, 6) is 0.246. The third-order valence-corrected chi connectivity index (χ3v) is 3.34. The molecule has 2 atom stereocenters. The summed E-state index contributed by atoms with van der Waals surface area (Å²) in [4.78, 5) is 0. The Bertz CT molecular complexity index is 317. The van der Waals surface area contributed by atoms with Crippen molar-refractivity contribution in [3.8, 4) is 0 Å². The van der Waals surface area contributed by atoms with Gasteiger partial charge in [0.15, 0.2) is 0 Å². The Kier molecular flexibility index (Phi) is 4.44. The van der Waals surface area contributed by atoms with E-state index in [-0.39, 0.29) is 5.75 Å². The van der Waals surface area contributed by atoms with Gasteiger partial charge in [-0.05, 0) is 24.1 Å². The first-order valence-corrected chi connectivity index (χ1v) is 5.72. The summed E-state index contributed by atoms with van der Waals surface area (Å²) in [6, 6.07) is 5.49. The monoisotopic (exact) mass is 276 g/mol. The average Bonchev–Trinajstić information content (AvgIpc) is 2.20. The van der Waals surface area contributed by atoms with E-state index >= 15 is 0 Å². The number of hydrogen-bond donors (Lipinski definition) is 3. The normalized spacial score (nSPS) is 15.2. The third kappa shape index (κ3) is 2.73. The van der Waals surface area contributed by atoms with E-state index in [1.165, 1.54) is 0 Å². The van der Waals surface area contributed by atoms with Crippen LogP contribution in [0.25, 0.3) is 0 Å². The standard InChI is InChI=1S/C10H13BrO2S/c1-6-4-7(2-3-8(6)11)10(13)9(12)5-14/h2-4,9-10,12-14H,5H2,1H3. The maximum atomic E-state index is 9.69. The SMILES string of the molecule is Cc1cc(C(O)C(O)CS)ccc1Br. The summed E-state index contributed by atoms with van der Waals surface area (Å²) in [7, 11) is 0. The van der Waals surface area contributed by atoms with E-state index in [9.17, 15) is 10.2 Å². The van der Waals surface area contributed by atoms with E-state index < -0.39 is 12.2 Å². The average molecular weight is 277 g/mol. The van der Waals surface area contributed by atoms with Gasteiger partial charge in [0, 0.05) is 10.2 Å². The largest absolute Gasteiger partial charge is 0.389 e. The molecule has 0 aliphatic carbocycles. The quantitative estimate of drug-likeness (QED) is 0.740. The van der Waals surface area contributed by atoms with Crippen molar-refractivity contribution in [1.82, 2.24) is 0 Å². The van der Waals surface area contributed by atoms with Crippen LogP contribution >= 0.6 is 28.6 Å². The van der Waals surface area contributed by atoms with Crippen LogP contribution in [0, 0.1) is 6.92 Å². The second-order valence-corrected chi connectivity index (χ2v) is 4.42. The van der Waals surface area contributed by atoms with Gasteiger partial charge in [-0.25, -0.2) is 0 Å². The highest BCUT2D eigenvalue weighted by Crippen LogP contribution is 2.23. The lowest BCUT2D eigenvalue weighted by Crippen LogP contribution is -2.19. The van der Waals surface area contributed by atoms with Crippen LogP contribution in [-0.4, -0.2) is 22.1 Å². The first kappa shape index (κ1) is 12.0. The maximum Gasteiger partial charge on any atom is 0.106 e. The Hall–Kier alpha value is -0.0300. The van der Waals surface area contributed by atoms with Gasteiger partial charge in [0.05, 0.1) is 6.10 Å². The summed E-state index contributed by atoms with van der Waals surface area (Å²) in [5, 5.41) is 19.1. The molecule has 1 aromatic carbocycles. The van der Waals surface area contributed by atoms with Gasteiger partial charge in [-0.15, -0.1) is 0 Å². The number of halogens is 1. The molecule has 0 heterocycles. The van der Waals surface area contributed by atoms with Crippen molar-refractivity contribution in [3.05, 3.63) is 33.8 Å². The number of thiol groups is 1. The summed E-state index contributed by atoms with van der Waals surface area (Å²) < 4.78 is 0.994. The molecule has 2 unspecified atom stereocenters. The molecule has 0 aromatic heterocycles. The Balaban J connectivity index is 2.91. The molecule has 0 amide bonds. The van der Waals surface area contributed by atoms with E-state index in [1.807, 2.05) is 19.1 Å². The first-order chi connectivity index (χ1) is 6.56. The van der Waals surface area contributed by atoms with E-state index in [0.717, 1.165) is 10.0 Å². The lowest BCUT2D eigenvalue weighted by molar-refractivity contribution is 0.0337. The fraction of sp³-hybridized carbons (Fsp3) is 0.400. The predicted octanol–water partition coefficient (Wildman–Crippen LogP) is 2.08.